The fraction of sp³-hybridized carbons (Fsp3) is 0.938. The molecule has 0 bridgehead atoms. The third-order valence-corrected chi connectivity index (χ3v) is 11.8. The van der Waals surface area contributed by atoms with Crippen LogP contribution in [0.15, 0.2) is 0 Å². The van der Waals surface area contributed by atoms with Crippen LogP contribution in [0.5, 0.6) is 0 Å². The predicted molar refractivity (Wildman–Crippen MR) is 156 cm³/mol. The monoisotopic (exact) mass is 530 g/mol. The molecule has 5 unspecified atom stereocenters. The molecule has 4 rings (SSSR count). The number of likely N-dealkylation sites (N-methyl/N-ethyl adjacent to an activating group) is 1. The van der Waals surface area contributed by atoms with Crippen molar-refractivity contribution in [3.8, 4) is 0 Å². The summed E-state index contributed by atoms with van der Waals surface area (Å²) in [6, 6.07) is 0.987. The smallest absolute Gasteiger partial charge is 0.317 e. The molecule has 4 aliphatic rings. The summed E-state index contributed by atoms with van der Waals surface area (Å²) in [5.74, 6) is 4.21. The van der Waals surface area contributed by atoms with Crippen molar-refractivity contribution in [3.05, 3.63) is 0 Å². The summed E-state index contributed by atoms with van der Waals surface area (Å²) < 4.78 is 0. The summed E-state index contributed by atoms with van der Waals surface area (Å²) in [5.41, 5.74) is 0.792. The van der Waals surface area contributed by atoms with Crippen molar-refractivity contribution in [1.82, 2.24) is 20.9 Å². The van der Waals surface area contributed by atoms with Crippen molar-refractivity contribution in [1.29, 1.82) is 0 Å². The van der Waals surface area contributed by atoms with E-state index in [2.05, 4.69) is 50.6 Å². The van der Waals surface area contributed by atoms with Crippen LogP contribution in [0.3, 0.4) is 0 Å². The first-order valence-electron chi connectivity index (χ1n) is 15.9. The number of carbonyl (C=O) groups is 2. The molecule has 3 N–H and O–H groups in total. The first-order valence-corrected chi connectivity index (χ1v) is 15.9. The second-order valence-corrected chi connectivity index (χ2v) is 14.8. The molecule has 0 aliphatic heterocycles. The van der Waals surface area contributed by atoms with Gasteiger partial charge in [-0.2, -0.15) is 0 Å². The number of hydrogen-bond donors (Lipinski definition) is 3. The molecule has 4 saturated carbocycles. The maximum Gasteiger partial charge on any atom is 0.317 e. The molecule has 6 heteroatoms. The van der Waals surface area contributed by atoms with Crippen molar-refractivity contribution in [2.24, 2.45) is 46.3 Å². The number of carbonyl (C=O) groups excluding carboxylic acids is 2. The van der Waals surface area contributed by atoms with Crippen LogP contribution in [0, 0.1) is 46.3 Å². The Balaban J connectivity index is 1.33. The highest BCUT2D eigenvalue weighted by atomic mass is 16.2. The summed E-state index contributed by atoms with van der Waals surface area (Å²) >= 11 is 0. The van der Waals surface area contributed by atoms with Gasteiger partial charge < -0.3 is 20.9 Å². The van der Waals surface area contributed by atoms with Gasteiger partial charge in [0, 0.05) is 44.2 Å². The molecular formula is C32H58N4O2. The van der Waals surface area contributed by atoms with E-state index in [1.54, 1.807) is 4.90 Å². The minimum atomic E-state index is 0.0183. The van der Waals surface area contributed by atoms with Gasteiger partial charge in [0.2, 0.25) is 5.91 Å². The van der Waals surface area contributed by atoms with Gasteiger partial charge in [-0.05, 0) is 126 Å². The lowest BCUT2D eigenvalue weighted by atomic mass is 9.44. The maximum atomic E-state index is 13.0. The second kappa shape index (κ2) is 11.7. The minimum Gasteiger partial charge on any atom is -0.354 e. The molecule has 9 atom stereocenters. The topological polar surface area (TPSA) is 73.5 Å². The Hall–Kier alpha value is -1.30. The molecule has 0 aromatic heterocycles. The highest BCUT2D eigenvalue weighted by molar-refractivity contribution is 5.79. The van der Waals surface area contributed by atoms with Crippen LogP contribution in [0.2, 0.25) is 0 Å². The fourth-order valence-corrected chi connectivity index (χ4v) is 9.80. The first kappa shape index (κ1) is 29.7. The van der Waals surface area contributed by atoms with Gasteiger partial charge in [-0.15, -0.1) is 0 Å². The van der Waals surface area contributed by atoms with Gasteiger partial charge in [0.15, 0.2) is 0 Å². The van der Waals surface area contributed by atoms with E-state index in [4.69, 9.17) is 0 Å². The molecule has 6 nitrogen and oxygen atoms in total. The van der Waals surface area contributed by atoms with Gasteiger partial charge in [0.25, 0.3) is 0 Å². The third kappa shape index (κ3) is 5.76. The Bertz CT molecular complexity index is 845. The lowest BCUT2D eigenvalue weighted by Gasteiger charge is -2.61. The van der Waals surface area contributed by atoms with E-state index in [1.807, 2.05) is 20.9 Å². The normalized spacial score (nSPS) is 39.2. The molecule has 3 amide bonds. The average molecular weight is 531 g/mol. The van der Waals surface area contributed by atoms with Gasteiger partial charge in [0.1, 0.15) is 0 Å². The number of fused-ring (bicyclic) bond motifs is 5. The molecule has 0 saturated heterocycles. The quantitative estimate of drug-likeness (QED) is 0.371. The van der Waals surface area contributed by atoms with Gasteiger partial charge >= 0.3 is 6.03 Å². The Kier molecular flexibility index (Phi) is 9.11. The van der Waals surface area contributed by atoms with Crippen molar-refractivity contribution in [3.63, 3.8) is 0 Å². The summed E-state index contributed by atoms with van der Waals surface area (Å²) in [7, 11) is 1.89. The zero-order valence-electron chi connectivity index (χ0n) is 25.7. The molecule has 0 heterocycles. The molecule has 0 aromatic rings. The fourth-order valence-electron chi connectivity index (χ4n) is 9.80. The summed E-state index contributed by atoms with van der Waals surface area (Å²) in [6.45, 7) is 17.2. The predicted octanol–water partition coefficient (Wildman–Crippen LogP) is 5.81. The molecule has 38 heavy (non-hydrogen) atoms. The van der Waals surface area contributed by atoms with E-state index in [1.165, 1.54) is 57.8 Å². The van der Waals surface area contributed by atoms with Crippen LogP contribution in [0.1, 0.15) is 106 Å². The van der Waals surface area contributed by atoms with Crippen LogP contribution in [-0.4, -0.2) is 55.1 Å². The SMILES string of the molecule is CC(C)NC(=O)C(C)[C@H]1CCC2C3CCC4C[C@H](NCCN(C)C(=O)NC(C)C)CC[C@]4(C)C3CC[C@@]21C. The molecule has 0 spiro atoms. The molecule has 0 aromatic carbocycles. The van der Waals surface area contributed by atoms with Gasteiger partial charge in [-0.1, -0.05) is 20.8 Å². The van der Waals surface area contributed by atoms with E-state index < -0.39 is 0 Å². The summed E-state index contributed by atoms with van der Waals surface area (Å²) in [4.78, 5) is 27.0. The van der Waals surface area contributed by atoms with Crippen molar-refractivity contribution >= 4 is 11.9 Å². The molecule has 4 fully saturated rings. The van der Waals surface area contributed by atoms with Crippen molar-refractivity contribution in [2.45, 2.75) is 124 Å². The van der Waals surface area contributed by atoms with Crippen LogP contribution in [0.4, 0.5) is 4.79 Å². The Morgan fingerprint density at radius 2 is 1.50 bits per heavy atom. The van der Waals surface area contributed by atoms with Crippen LogP contribution >= 0.6 is 0 Å². The molecule has 4 aliphatic carbocycles. The standard InChI is InChI=1S/C32H58N4O2/c1-20(2)34-29(37)22(5)26-11-12-27-25-10-9-23-19-24(33-17-18-36(8)30(38)35-21(3)4)13-15-31(23,6)28(25)14-16-32(26,27)7/h20-28,33H,9-19H2,1-8H3,(H,34,37)(H,35,38)/t22?,23?,24-,25?,26-,27?,28?,31+,32-/m1/s1. The third-order valence-electron chi connectivity index (χ3n) is 11.8. The lowest BCUT2D eigenvalue weighted by Crippen LogP contribution is -2.56. The highest BCUT2D eigenvalue weighted by Gasteiger charge is 2.61. The van der Waals surface area contributed by atoms with Crippen LogP contribution < -0.4 is 16.0 Å². The van der Waals surface area contributed by atoms with Gasteiger partial charge in [0.05, 0.1) is 0 Å². The largest absolute Gasteiger partial charge is 0.354 e. The number of hydrogen-bond acceptors (Lipinski definition) is 3. The van der Waals surface area contributed by atoms with E-state index in [9.17, 15) is 9.59 Å². The first-order chi connectivity index (χ1) is 17.9. The number of urea groups is 1. The number of rotatable bonds is 8. The van der Waals surface area contributed by atoms with E-state index in [-0.39, 0.29) is 29.9 Å². The Morgan fingerprint density at radius 1 is 0.842 bits per heavy atom. The zero-order chi connectivity index (χ0) is 27.8. The Morgan fingerprint density at radius 3 is 2.18 bits per heavy atom. The van der Waals surface area contributed by atoms with Crippen molar-refractivity contribution in [2.75, 3.05) is 20.1 Å². The lowest BCUT2D eigenvalue weighted by molar-refractivity contribution is -0.134. The number of nitrogens with zero attached hydrogens (tertiary/aromatic N) is 1. The molecule has 0 radical (unpaired) electrons. The van der Waals surface area contributed by atoms with Crippen molar-refractivity contribution < 1.29 is 9.59 Å². The van der Waals surface area contributed by atoms with Gasteiger partial charge in [-0.25, -0.2) is 4.79 Å². The van der Waals surface area contributed by atoms with Crippen LogP contribution in [0.25, 0.3) is 0 Å². The summed E-state index contributed by atoms with van der Waals surface area (Å²) in [5, 5.41) is 9.99. The van der Waals surface area contributed by atoms with E-state index in [0.717, 1.165) is 36.8 Å². The van der Waals surface area contributed by atoms with Gasteiger partial charge in [-0.3, -0.25) is 4.79 Å². The summed E-state index contributed by atoms with van der Waals surface area (Å²) in [6.07, 6.45) is 11.8. The zero-order valence-corrected chi connectivity index (χ0v) is 25.7. The maximum absolute atomic E-state index is 13.0. The highest BCUT2D eigenvalue weighted by Crippen LogP contribution is 2.68. The molecule has 218 valence electrons. The Labute approximate surface area is 233 Å². The molecular weight excluding hydrogens is 472 g/mol. The average Bonchev–Trinajstić information content (AvgIpc) is 3.19. The van der Waals surface area contributed by atoms with Crippen LogP contribution in [-0.2, 0) is 4.79 Å². The van der Waals surface area contributed by atoms with E-state index >= 15 is 0 Å². The van der Waals surface area contributed by atoms with E-state index in [0.29, 0.717) is 22.8 Å². The second-order valence-electron chi connectivity index (χ2n) is 14.8. The number of nitrogens with one attached hydrogen (secondary N) is 3. The number of amides is 3. The minimum absolute atomic E-state index is 0.0183.